The lowest BCUT2D eigenvalue weighted by Gasteiger charge is -2.46. The first-order valence-corrected chi connectivity index (χ1v) is 22.1. The van der Waals surface area contributed by atoms with E-state index in [1.54, 1.807) is 0 Å². The fourth-order valence-corrected chi connectivity index (χ4v) is 11.9. The van der Waals surface area contributed by atoms with Crippen LogP contribution in [-0.4, -0.2) is 6.85 Å². The minimum atomic E-state index is -0.155. The minimum absolute atomic E-state index is 0.0839. The van der Waals surface area contributed by atoms with Gasteiger partial charge in [0.2, 0.25) is 0 Å². The second-order valence-corrected chi connectivity index (χ2v) is 19.0. The fraction of sp³-hybridized carbons (Fsp3) is 0.119. The summed E-state index contributed by atoms with van der Waals surface area (Å²) < 4.78 is 0. The van der Waals surface area contributed by atoms with E-state index in [1.807, 2.05) is 0 Å². The van der Waals surface area contributed by atoms with E-state index in [-0.39, 0.29) is 17.7 Å². The third-order valence-electron chi connectivity index (χ3n) is 14.9. The Labute approximate surface area is 364 Å². The molecule has 0 aromatic heterocycles. The van der Waals surface area contributed by atoms with Crippen LogP contribution in [0.25, 0.3) is 55.3 Å². The molecule has 4 aliphatic rings. The van der Waals surface area contributed by atoms with E-state index in [9.17, 15) is 0 Å². The molecule has 0 fully saturated rings. The molecule has 2 aliphatic heterocycles. The van der Waals surface area contributed by atoms with Gasteiger partial charge < -0.3 is 9.71 Å². The SMILES string of the molecule is Cc1cc2c3c(c1)N(c1ccc4c(c1)C(C)(C)c1ccccc1-4)c1cc4c(cc1B3N(c1ccc(-c3ccccc3)cc1)c1ccc3ccccc3c1-2)-c1ccccc1C4(C)C. The largest absolute Gasteiger partial charge is 0.376 e. The molecule has 2 heterocycles. The first-order valence-electron chi connectivity index (χ1n) is 22.1. The Morgan fingerprint density at radius 1 is 0.419 bits per heavy atom. The van der Waals surface area contributed by atoms with Gasteiger partial charge in [-0.15, -0.1) is 0 Å². The van der Waals surface area contributed by atoms with Gasteiger partial charge in [0, 0.05) is 44.8 Å². The summed E-state index contributed by atoms with van der Waals surface area (Å²) in [4.78, 5) is 5.29. The zero-order chi connectivity index (χ0) is 41.6. The molecule has 294 valence electrons. The van der Waals surface area contributed by atoms with Crippen molar-refractivity contribution in [2.45, 2.75) is 45.4 Å². The summed E-state index contributed by atoms with van der Waals surface area (Å²) in [6.45, 7) is 11.8. The van der Waals surface area contributed by atoms with Crippen LogP contribution in [0.15, 0.2) is 182 Å². The Hall–Kier alpha value is -7.10. The first kappa shape index (κ1) is 35.6. The van der Waals surface area contributed by atoms with Crippen LogP contribution in [0.1, 0.15) is 55.5 Å². The normalized spacial score (nSPS) is 15.3. The van der Waals surface area contributed by atoms with Crippen molar-refractivity contribution >= 4 is 57.0 Å². The predicted molar refractivity (Wildman–Crippen MR) is 263 cm³/mol. The van der Waals surface area contributed by atoms with E-state index < -0.39 is 0 Å². The van der Waals surface area contributed by atoms with E-state index in [0.717, 1.165) is 0 Å². The molecule has 0 saturated heterocycles. The topological polar surface area (TPSA) is 6.48 Å². The highest BCUT2D eigenvalue weighted by Gasteiger charge is 2.48. The number of anilines is 5. The van der Waals surface area contributed by atoms with Crippen molar-refractivity contribution in [3.63, 3.8) is 0 Å². The fourth-order valence-electron chi connectivity index (χ4n) is 11.9. The monoisotopic (exact) mass is 792 g/mol. The summed E-state index contributed by atoms with van der Waals surface area (Å²) in [6, 6.07) is 69.1. The zero-order valence-corrected chi connectivity index (χ0v) is 35.8. The third-order valence-corrected chi connectivity index (χ3v) is 14.9. The first-order chi connectivity index (χ1) is 30.2. The molecule has 0 amide bonds. The van der Waals surface area contributed by atoms with Gasteiger partial charge in [0.15, 0.2) is 0 Å². The van der Waals surface area contributed by atoms with E-state index in [0.29, 0.717) is 0 Å². The molecule has 0 unspecified atom stereocenters. The maximum Gasteiger partial charge on any atom is 0.333 e. The van der Waals surface area contributed by atoms with Gasteiger partial charge in [-0.3, -0.25) is 0 Å². The van der Waals surface area contributed by atoms with Crippen molar-refractivity contribution in [3.8, 4) is 44.5 Å². The average Bonchev–Trinajstić information content (AvgIpc) is 3.67. The average molecular weight is 793 g/mol. The smallest absolute Gasteiger partial charge is 0.333 e. The number of hydrogen-bond donors (Lipinski definition) is 0. The van der Waals surface area contributed by atoms with Gasteiger partial charge in [-0.05, 0) is 138 Å². The van der Waals surface area contributed by atoms with Gasteiger partial charge in [-0.1, -0.05) is 167 Å². The molecular formula is C59H45BN2. The lowest BCUT2D eigenvalue weighted by molar-refractivity contribution is 0.660. The van der Waals surface area contributed by atoms with Crippen LogP contribution < -0.4 is 20.6 Å². The Morgan fingerprint density at radius 2 is 1.03 bits per heavy atom. The molecule has 3 heteroatoms. The van der Waals surface area contributed by atoms with Crippen LogP contribution in [0, 0.1) is 6.92 Å². The van der Waals surface area contributed by atoms with Gasteiger partial charge >= 0.3 is 6.85 Å². The molecule has 0 saturated carbocycles. The van der Waals surface area contributed by atoms with E-state index in [1.165, 1.54) is 122 Å². The molecule has 9 aromatic rings. The molecule has 2 aliphatic carbocycles. The maximum atomic E-state index is 2.66. The van der Waals surface area contributed by atoms with Crippen molar-refractivity contribution < 1.29 is 0 Å². The second-order valence-electron chi connectivity index (χ2n) is 19.0. The van der Waals surface area contributed by atoms with E-state index >= 15 is 0 Å². The molecule has 13 rings (SSSR count). The highest BCUT2D eigenvalue weighted by molar-refractivity contribution is 6.93. The Bertz CT molecular complexity index is 3380. The van der Waals surface area contributed by atoms with Crippen LogP contribution in [0.2, 0.25) is 0 Å². The van der Waals surface area contributed by atoms with Gasteiger partial charge in [-0.2, -0.15) is 0 Å². The van der Waals surface area contributed by atoms with Gasteiger partial charge in [-0.25, -0.2) is 0 Å². The highest BCUT2D eigenvalue weighted by Crippen LogP contribution is 2.55. The molecule has 0 radical (unpaired) electrons. The van der Waals surface area contributed by atoms with E-state index in [4.69, 9.17) is 0 Å². The van der Waals surface area contributed by atoms with Crippen LogP contribution in [0.4, 0.5) is 28.4 Å². The number of hydrogen-bond acceptors (Lipinski definition) is 2. The standard InChI is InChI=1S/C59H45BN2/c1-36-31-47-56-42-18-10-9-17-39(42)25-30-53(56)62(40-26-23-38(24-27-40)37-15-7-6-8-16-37)60-52-34-46-44-20-12-14-22-49(44)59(4,5)51(46)35-54(52)61(55(32-36)57(47)60)41-28-29-45-43-19-11-13-21-48(43)58(2,3)50(45)33-41/h6-35H,1-5H3. The van der Waals surface area contributed by atoms with Crippen molar-refractivity contribution in [2.75, 3.05) is 9.71 Å². The highest BCUT2D eigenvalue weighted by atomic mass is 15.2. The van der Waals surface area contributed by atoms with Crippen molar-refractivity contribution in [2.24, 2.45) is 0 Å². The Balaban J connectivity index is 1.13. The van der Waals surface area contributed by atoms with Crippen molar-refractivity contribution in [1.29, 1.82) is 0 Å². The number of nitrogens with zero attached hydrogens (tertiary/aromatic N) is 2. The molecule has 0 N–H and O–H groups in total. The minimum Gasteiger partial charge on any atom is -0.376 e. The van der Waals surface area contributed by atoms with Gasteiger partial charge in [0.1, 0.15) is 0 Å². The molecule has 9 aromatic carbocycles. The second kappa shape index (κ2) is 12.5. The van der Waals surface area contributed by atoms with Crippen molar-refractivity contribution in [1.82, 2.24) is 0 Å². The lowest BCUT2D eigenvalue weighted by Crippen LogP contribution is -2.61. The van der Waals surface area contributed by atoms with E-state index in [2.05, 4.69) is 226 Å². The van der Waals surface area contributed by atoms with Gasteiger partial charge in [0.05, 0.1) is 0 Å². The quantitative estimate of drug-likeness (QED) is 0.164. The number of aryl methyl sites for hydroxylation is 1. The molecule has 0 bridgehead atoms. The molecule has 0 atom stereocenters. The molecule has 0 spiro atoms. The summed E-state index contributed by atoms with van der Waals surface area (Å²) in [5.74, 6) is 0. The zero-order valence-electron chi connectivity index (χ0n) is 35.8. The third kappa shape index (κ3) is 4.71. The van der Waals surface area contributed by atoms with Crippen LogP contribution in [-0.2, 0) is 10.8 Å². The molecule has 2 nitrogen and oxygen atoms in total. The summed E-state index contributed by atoms with van der Waals surface area (Å²) >= 11 is 0. The maximum absolute atomic E-state index is 2.66. The Kier molecular flexibility index (Phi) is 7.18. The van der Waals surface area contributed by atoms with Crippen molar-refractivity contribution in [3.05, 3.63) is 210 Å². The lowest BCUT2D eigenvalue weighted by atomic mass is 9.43. The van der Waals surface area contributed by atoms with Crippen LogP contribution >= 0.6 is 0 Å². The number of benzene rings is 9. The molecular weight excluding hydrogens is 747 g/mol. The summed E-state index contributed by atoms with van der Waals surface area (Å²) in [5.41, 5.74) is 25.8. The summed E-state index contributed by atoms with van der Waals surface area (Å²) in [6.07, 6.45) is 0. The number of fused-ring (bicyclic) bond motifs is 12. The van der Waals surface area contributed by atoms with Crippen LogP contribution in [0.5, 0.6) is 0 Å². The summed E-state index contributed by atoms with van der Waals surface area (Å²) in [7, 11) is 0. The van der Waals surface area contributed by atoms with Gasteiger partial charge in [0.25, 0.3) is 0 Å². The predicted octanol–water partition coefficient (Wildman–Crippen LogP) is 14.1. The van der Waals surface area contributed by atoms with Crippen LogP contribution in [0.3, 0.4) is 0 Å². The summed E-state index contributed by atoms with van der Waals surface area (Å²) in [5, 5.41) is 2.53. The molecule has 62 heavy (non-hydrogen) atoms. The Morgan fingerprint density at radius 3 is 1.79 bits per heavy atom. The number of rotatable bonds is 3.